The van der Waals surface area contributed by atoms with Crippen LogP contribution in [0.4, 0.5) is 5.69 Å². The first kappa shape index (κ1) is 23.7. The molecule has 2 rings (SSSR count). The molecule has 0 unspecified atom stereocenters. The molecule has 0 saturated heterocycles. The second-order valence-electron chi connectivity index (χ2n) is 6.11. The second kappa shape index (κ2) is 12.9. The van der Waals surface area contributed by atoms with Gasteiger partial charge < -0.3 is 9.47 Å². The van der Waals surface area contributed by atoms with Crippen LogP contribution in [0.3, 0.4) is 0 Å². The van der Waals surface area contributed by atoms with Crippen LogP contribution in [0.15, 0.2) is 47.6 Å². The maximum absolute atomic E-state index is 12.0. The molecule has 0 amide bonds. The van der Waals surface area contributed by atoms with Crippen molar-refractivity contribution in [1.29, 1.82) is 0 Å². The summed E-state index contributed by atoms with van der Waals surface area (Å²) in [5.74, 6) is -0.265. The highest BCUT2D eigenvalue weighted by Gasteiger charge is 2.20. The fourth-order valence-corrected chi connectivity index (χ4v) is 4.38. The van der Waals surface area contributed by atoms with Gasteiger partial charge in [-0.05, 0) is 41.8 Å². The number of esters is 2. The van der Waals surface area contributed by atoms with E-state index in [4.69, 9.17) is 9.47 Å². The van der Waals surface area contributed by atoms with Gasteiger partial charge in [0.25, 0.3) is 5.69 Å². The zero-order valence-electron chi connectivity index (χ0n) is 16.4. The lowest BCUT2D eigenvalue weighted by atomic mass is 10.0. The predicted octanol–water partition coefficient (Wildman–Crippen LogP) is 4.36. The highest BCUT2D eigenvalue weighted by Crippen LogP contribution is 2.30. The Morgan fingerprint density at radius 2 is 1.93 bits per heavy atom. The summed E-state index contributed by atoms with van der Waals surface area (Å²) in [6.45, 7) is 1.35. The summed E-state index contributed by atoms with van der Waals surface area (Å²) in [5.41, 5.74) is 0.796. The van der Waals surface area contributed by atoms with Crippen molar-refractivity contribution in [3.63, 3.8) is 0 Å². The lowest BCUT2D eigenvalue weighted by Crippen LogP contribution is -2.08. The van der Waals surface area contributed by atoms with Gasteiger partial charge in [0, 0.05) is 24.4 Å². The van der Waals surface area contributed by atoms with Crippen LogP contribution >= 0.6 is 21.6 Å². The van der Waals surface area contributed by atoms with Crippen molar-refractivity contribution in [1.82, 2.24) is 4.98 Å². The number of nitro benzene ring substituents is 1. The number of para-hydroxylation sites is 1. The number of pyridine rings is 1. The summed E-state index contributed by atoms with van der Waals surface area (Å²) in [4.78, 5) is 38.1. The number of aromatic nitrogens is 1. The average molecular weight is 451 g/mol. The molecule has 2 aromatic rings. The van der Waals surface area contributed by atoms with Crippen molar-refractivity contribution >= 4 is 39.2 Å². The van der Waals surface area contributed by atoms with Gasteiger partial charge in [0.2, 0.25) is 0 Å². The van der Waals surface area contributed by atoms with Crippen LogP contribution in [0.5, 0.6) is 0 Å². The van der Waals surface area contributed by atoms with Crippen LogP contribution in [-0.2, 0) is 32.1 Å². The fourth-order valence-electron chi connectivity index (χ4n) is 2.53. The number of nitrogens with zero attached hydrogens (tertiary/aromatic N) is 2. The molecule has 0 aliphatic heterocycles. The van der Waals surface area contributed by atoms with Crippen LogP contribution in [0, 0.1) is 10.1 Å². The first-order chi connectivity index (χ1) is 14.5. The van der Waals surface area contributed by atoms with E-state index in [9.17, 15) is 19.7 Å². The SMILES string of the molecule is CC(=O)OCCCc1cccc(COC(=O)CCSSc2ccccn2)c1[N+](=O)[O-]. The Labute approximate surface area is 182 Å². The van der Waals surface area contributed by atoms with Crippen LogP contribution in [0.25, 0.3) is 0 Å². The standard InChI is InChI=1S/C20H22N2O6S2/c1-15(23)27-12-5-8-16-6-4-7-17(20(16)22(25)26)14-28-19(24)10-13-29-30-18-9-2-3-11-21-18/h2-4,6-7,9,11H,5,8,10,12-14H2,1H3. The monoisotopic (exact) mass is 450 g/mol. The first-order valence-electron chi connectivity index (χ1n) is 9.22. The summed E-state index contributed by atoms with van der Waals surface area (Å²) in [5, 5.41) is 12.4. The molecule has 1 aromatic carbocycles. The van der Waals surface area contributed by atoms with Crippen molar-refractivity contribution in [2.24, 2.45) is 0 Å². The van der Waals surface area contributed by atoms with E-state index < -0.39 is 10.9 Å². The highest BCUT2D eigenvalue weighted by molar-refractivity contribution is 8.76. The molecular weight excluding hydrogens is 428 g/mol. The molecule has 30 heavy (non-hydrogen) atoms. The van der Waals surface area contributed by atoms with Crippen molar-refractivity contribution in [3.8, 4) is 0 Å². The number of carbonyl (C=O) groups is 2. The topological polar surface area (TPSA) is 109 Å². The maximum Gasteiger partial charge on any atom is 0.306 e. The molecule has 10 heteroatoms. The molecule has 1 aromatic heterocycles. The molecule has 0 aliphatic carbocycles. The lowest BCUT2D eigenvalue weighted by molar-refractivity contribution is -0.386. The third-order valence-electron chi connectivity index (χ3n) is 3.84. The van der Waals surface area contributed by atoms with Gasteiger partial charge in [0.05, 0.1) is 23.5 Å². The number of aryl methyl sites for hydroxylation is 1. The highest BCUT2D eigenvalue weighted by atomic mass is 33.1. The van der Waals surface area contributed by atoms with E-state index in [1.807, 2.05) is 18.2 Å². The minimum Gasteiger partial charge on any atom is -0.466 e. The number of hydrogen-bond donors (Lipinski definition) is 0. The van der Waals surface area contributed by atoms with Crippen LogP contribution in [0.1, 0.15) is 30.9 Å². The van der Waals surface area contributed by atoms with Crippen LogP contribution in [0.2, 0.25) is 0 Å². The summed E-state index contributed by atoms with van der Waals surface area (Å²) in [6, 6.07) is 10.5. The molecule has 0 spiro atoms. The Kier molecular flexibility index (Phi) is 10.2. The molecule has 0 saturated carbocycles. The average Bonchev–Trinajstić information content (AvgIpc) is 2.73. The minimum absolute atomic E-state index is 0.0618. The molecular formula is C20H22N2O6S2. The number of ether oxygens (including phenoxy) is 2. The zero-order chi connectivity index (χ0) is 21.8. The van der Waals surface area contributed by atoms with Gasteiger partial charge in [0.1, 0.15) is 11.6 Å². The van der Waals surface area contributed by atoms with Gasteiger partial charge in [0.15, 0.2) is 0 Å². The van der Waals surface area contributed by atoms with Gasteiger partial charge in [-0.1, -0.05) is 29.0 Å². The van der Waals surface area contributed by atoms with Crippen LogP contribution < -0.4 is 0 Å². The Morgan fingerprint density at radius 1 is 1.13 bits per heavy atom. The van der Waals surface area contributed by atoms with Gasteiger partial charge in [-0.3, -0.25) is 19.7 Å². The van der Waals surface area contributed by atoms with Crippen molar-refractivity contribution in [3.05, 3.63) is 63.8 Å². The van der Waals surface area contributed by atoms with E-state index in [-0.39, 0.29) is 31.3 Å². The van der Waals surface area contributed by atoms with E-state index in [0.29, 0.717) is 29.7 Å². The van der Waals surface area contributed by atoms with Crippen LogP contribution in [-0.4, -0.2) is 34.2 Å². The molecule has 0 bridgehead atoms. The number of carbonyl (C=O) groups excluding carboxylic acids is 2. The van der Waals surface area contributed by atoms with E-state index in [0.717, 1.165) is 5.03 Å². The number of benzene rings is 1. The Hall–Kier alpha value is -2.59. The summed E-state index contributed by atoms with van der Waals surface area (Å²) < 4.78 is 10.1. The third-order valence-corrected chi connectivity index (χ3v) is 6.11. The molecule has 0 radical (unpaired) electrons. The fraction of sp³-hybridized carbons (Fsp3) is 0.350. The smallest absolute Gasteiger partial charge is 0.306 e. The minimum atomic E-state index is -0.469. The molecule has 160 valence electrons. The van der Waals surface area contributed by atoms with Crippen molar-refractivity contribution in [2.45, 2.75) is 37.8 Å². The number of nitro groups is 1. The summed E-state index contributed by atoms with van der Waals surface area (Å²) >= 11 is 0. The maximum atomic E-state index is 12.0. The van der Waals surface area contributed by atoms with E-state index in [1.165, 1.54) is 28.5 Å². The summed E-state index contributed by atoms with van der Waals surface area (Å²) in [6.07, 6.45) is 2.75. The quantitative estimate of drug-likeness (QED) is 0.153. The van der Waals surface area contributed by atoms with E-state index in [2.05, 4.69) is 4.98 Å². The Morgan fingerprint density at radius 3 is 2.63 bits per heavy atom. The van der Waals surface area contributed by atoms with Gasteiger partial charge in [-0.2, -0.15) is 0 Å². The first-order valence-corrected chi connectivity index (χ1v) is 11.5. The molecule has 8 nitrogen and oxygen atoms in total. The van der Waals surface area contributed by atoms with Crippen molar-refractivity contribution in [2.75, 3.05) is 12.4 Å². The summed E-state index contributed by atoms with van der Waals surface area (Å²) in [7, 11) is 2.96. The Balaban J connectivity index is 1.82. The molecule has 0 atom stereocenters. The Bertz CT molecular complexity index is 864. The lowest BCUT2D eigenvalue weighted by Gasteiger charge is -2.09. The number of hydrogen-bond acceptors (Lipinski definition) is 9. The van der Waals surface area contributed by atoms with Gasteiger partial charge in [-0.15, -0.1) is 0 Å². The second-order valence-corrected chi connectivity index (χ2v) is 8.55. The van der Waals surface area contributed by atoms with Gasteiger partial charge in [-0.25, -0.2) is 4.98 Å². The molecule has 0 aliphatic rings. The van der Waals surface area contributed by atoms with E-state index >= 15 is 0 Å². The largest absolute Gasteiger partial charge is 0.466 e. The van der Waals surface area contributed by atoms with Gasteiger partial charge >= 0.3 is 11.9 Å². The molecule has 0 fully saturated rings. The predicted molar refractivity (Wildman–Crippen MR) is 115 cm³/mol. The third kappa shape index (κ3) is 8.42. The molecule has 1 heterocycles. The zero-order valence-corrected chi connectivity index (χ0v) is 18.1. The van der Waals surface area contributed by atoms with Crippen molar-refractivity contribution < 1.29 is 24.0 Å². The number of rotatable bonds is 12. The normalized spacial score (nSPS) is 10.4. The van der Waals surface area contributed by atoms with E-state index in [1.54, 1.807) is 24.4 Å². The molecule has 0 N–H and O–H groups in total.